The third-order valence-electron chi connectivity index (χ3n) is 3.45. The van der Waals surface area contributed by atoms with Gasteiger partial charge in [0.15, 0.2) is 0 Å². The van der Waals surface area contributed by atoms with Crippen LogP contribution in [0.4, 0.5) is 5.69 Å². The average Bonchev–Trinajstić information content (AvgIpc) is 2.51. The summed E-state index contributed by atoms with van der Waals surface area (Å²) in [5, 5.41) is 12.3. The van der Waals surface area contributed by atoms with E-state index in [1.165, 1.54) is 0 Å². The first-order valence-corrected chi connectivity index (χ1v) is 6.36. The zero-order valence-corrected chi connectivity index (χ0v) is 10.9. The molecule has 4 heteroatoms. The molecule has 98 valence electrons. The lowest BCUT2D eigenvalue weighted by molar-refractivity contribution is -0.122. The molecule has 1 fully saturated rings. The Hall–Kier alpha value is -1.55. The summed E-state index contributed by atoms with van der Waals surface area (Å²) in [5.41, 5.74) is 3.36. The minimum atomic E-state index is -0.479. The number of carbonyl (C=O) groups excluding carboxylic acids is 1. The van der Waals surface area contributed by atoms with Crippen molar-refractivity contribution < 1.29 is 9.90 Å². The van der Waals surface area contributed by atoms with Crippen LogP contribution in [0.2, 0.25) is 0 Å². The number of aryl methyl sites for hydroxylation is 2. The van der Waals surface area contributed by atoms with E-state index in [0.717, 1.165) is 29.8 Å². The van der Waals surface area contributed by atoms with Crippen LogP contribution < -0.4 is 10.2 Å². The fraction of sp³-hybridized carbons (Fsp3) is 0.500. The van der Waals surface area contributed by atoms with E-state index in [1.807, 2.05) is 36.9 Å². The van der Waals surface area contributed by atoms with E-state index < -0.39 is 6.04 Å². The largest absolute Gasteiger partial charge is 0.394 e. The molecule has 1 aliphatic heterocycles. The number of benzene rings is 1. The molecule has 1 aromatic carbocycles. The van der Waals surface area contributed by atoms with Crippen LogP contribution in [0.15, 0.2) is 18.2 Å². The maximum atomic E-state index is 11.9. The third kappa shape index (κ3) is 2.34. The highest BCUT2D eigenvalue weighted by Crippen LogP contribution is 2.27. The SMILES string of the molecule is Cc1cccc(C)c1N1CCCNC(=O)C1CO. The van der Waals surface area contributed by atoms with Crippen LogP contribution >= 0.6 is 0 Å². The van der Waals surface area contributed by atoms with Crippen LogP contribution in [0.25, 0.3) is 0 Å². The molecule has 1 aliphatic rings. The summed E-state index contributed by atoms with van der Waals surface area (Å²) in [7, 11) is 0. The zero-order chi connectivity index (χ0) is 13.1. The second kappa shape index (κ2) is 5.40. The molecule has 1 atom stereocenters. The highest BCUT2D eigenvalue weighted by atomic mass is 16.3. The van der Waals surface area contributed by atoms with Crippen molar-refractivity contribution in [2.45, 2.75) is 26.3 Å². The second-order valence-electron chi connectivity index (χ2n) is 4.78. The third-order valence-corrected chi connectivity index (χ3v) is 3.45. The van der Waals surface area contributed by atoms with Gasteiger partial charge in [-0.2, -0.15) is 0 Å². The van der Waals surface area contributed by atoms with E-state index in [4.69, 9.17) is 0 Å². The molecule has 4 nitrogen and oxygen atoms in total. The van der Waals surface area contributed by atoms with Gasteiger partial charge in [0.25, 0.3) is 0 Å². The molecule has 2 N–H and O–H groups in total. The van der Waals surface area contributed by atoms with E-state index in [0.29, 0.717) is 6.54 Å². The van der Waals surface area contributed by atoms with Gasteiger partial charge in [-0.1, -0.05) is 18.2 Å². The Balaban J connectivity index is 2.42. The van der Waals surface area contributed by atoms with Crippen LogP contribution in [-0.2, 0) is 4.79 Å². The molecule has 1 unspecified atom stereocenters. The fourth-order valence-electron chi connectivity index (χ4n) is 2.58. The molecule has 1 heterocycles. The molecular formula is C14H20N2O2. The Labute approximate surface area is 108 Å². The van der Waals surface area contributed by atoms with Gasteiger partial charge < -0.3 is 15.3 Å². The Morgan fingerprint density at radius 1 is 1.39 bits per heavy atom. The van der Waals surface area contributed by atoms with Crippen molar-refractivity contribution in [1.82, 2.24) is 5.32 Å². The topological polar surface area (TPSA) is 52.6 Å². The zero-order valence-electron chi connectivity index (χ0n) is 10.9. The van der Waals surface area contributed by atoms with Crippen LogP contribution in [0.3, 0.4) is 0 Å². The number of para-hydroxylation sites is 1. The van der Waals surface area contributed by atoms with Gasteiger partial charge in [0.2, 0.25) is 5.91 Å². The lowest BCUT2D eigenvalue weighted by atomic mass is 10.1. The monoisotopic (exact) mass is 248 g/mol. The van der Waals surface area contributed by atoms with E-state index >= 15 is 0 Å². The number of nitrogens with zero attached hydrogens (tertiary/aromatic N) is 1. The Morgan fingerprint density at radius 2 is 2.06 bits per heavy atom. The van der Waals surface area contributed by atoms with Crippen molar-refractivity contribution in [3.63, 3.8) is 0 Å². The molecule has 1 aromatic rings. The fourth-order valence-corrected chi connectivity index (χ4v) is 2.58. The number of aliphatic hydroxyl groups is 1. The maximum absolute atomic E-state index is 11.9. The van der Waals surface area contributed by atoms with Gasteiger partial charge in [-0.25, -0.2) is 0 Å². The highest BCUT2D eigenvalue weighted by molar-refractivity contribution is 5.86. The minimum Gasteiger partial charge on any atom is -0.394 e. The van der Waals surface area contributed by atoms with E-state index in [9.17, 15) is 9.90 Å². The van der Waals surface area contributed by atoms with Gasteiger partial charge >= 0.3 is 0 Å². The van der Waals surface area contributed by atoms with Crippen LogP contribution in [0, 0.1) is 13.8 Å². The summed E-state index contributed by atoms with van der Waals surface area (Å²) in [4.78, 5) is 14.0. The summed E-state index contributed by atoms with van der Waals surface area (Å²) >= 11 is 0. The molecule has 0 aromatic heterocycles. The number of anilines is 1. The van der Waals surface area contributed by atoms with Crippen molar-refractivity contribution in [2.75, 3.05) is 24.6 Å². The quantitative estimate of drug-likeness (QED) is 0.820. The van der Waals surface area contributed by atoms with Gasteiger partial charge in [-0.05, 0) is 31.4 Å². The normalized spacial score (nSPS) is 20.5. The van der Waals surface area contributed by atoms with E-state index in [1.54, 1.807) is 0 Å². The first-order valence-electron chi connectivity index (χ1n) is 6.36. The summed E-state index contributed by atoms with van der Waals surface area (Å²) in [6.45, 7) is 5.39. The summed E-state index contributed by atoms with van der Waals surface area (Å²) < 4.78 is 0. The van der Waals surface area contributed by atoms with E-state index in [2.05, 4.69) is 5.32 Å². The molecule has 0 aliphatic carbocycles. The van der Waals surface area contributed by atoms with Gasteiger partial charge in [0, 0.05) is 18.8 Å². The van der Waals surface area contributed by atoms with E-state index in [-0.39, 0.29) is 12.5 Å². The molecule has 0 bridgehead atoms. The van der Waals surface area contributed by atoms with Crippen molar-refractivity contribution in [3.8, 4) is 0 Å². The molecule has 2 rings (SSSR count). The summed E-state index contributed by atoms with van der Waals surface area (Å²) in [5.74, 6) is -0.0855. The Kier molecular flexibility index (Phi) is 3.87. The summed E-state index contributed by atoms with van der Waals surface area (Å²) in [6, 6.07) is 5.62. The lowest BCUT2D eigenvalue weighted by Crippen LogP contribution is -2.47. The Morgan fingerprint density at radius 3 is 2.67 bits per heavy atom. The second-order valence-corrected chi connectivity index (χ2v) is 4.78. The molecule has 0 radical (unpaired) electrons. The number of hydrogen-bond acceptors (Lipinski definition) is 3. The molecule has 0 spiro atoms. The van der Waals surface area contributed by atoms with Gasteiger partial charge in [0.1, 0.15) is 6.04 Å². The molecule has 18 heavy (non-hydrogen) atoms. The van der Waals surface area contributed by atoms with Crippen LogP contribution in [-0.4, -0.2) is 36.8 Å². The predicted octanol–water partition coefficient (Wildman–Crippen LogP) is 0.991. The minimum absolute atomic E-state index is 0.0855. The molecule has 1 amide bonds. The smallest absolute Gasteiger partial charge is 0.245 e. The number of nitrogens with one attached hydrogen (secondary N) is 1. The number of carbonyl (C=O) groups is 1. The lowest BCUT2D eigenvalue weighted by Gasteiger charge is -2.31. The molecular weight excluding hydrogens is 228 g/mol. The van der Waals surface area contributed by atoms with Crippen LogP contribution in [0.5, 0.6) is 0 Å². The standard InChI is InChI=1S/C14H20N2O2/c1-10-5-3-6-11(2)13(10)16-8-4-7-15-14(18)12(16)9-17/h3,5-6,12,17H,4,7-9H2,1-2H3,(H,15,18). The molecule has 1 saturated heterocycles. The van der Waals surface area contributed by atoms with Gasteiger partial charge in [0.05, 0.1) is 6.61 Å². The first-order chi connectivity index (χ1) is 8.65. The maximum Gasteiger partial charge on any atom is 0.245 e. The van der Waals surface area contributed by atoms with Crippen molar-refractivity contribution in [1.29, 1.82) is 0 Å². The predicted molar refractivity (Wildman–Crippen MR) is 71.8 cm³/mol. The van der Waals surface area contributed by atoms with Crippen molar-refractivity contribution >= 4 is 11.6 Å². The van der Waals surface area contributed by atoms with Gasteiger partial charge in [-0.3, -0.25) is 4.79 Å². The Bertz CT molecular complexity index is 425. The number of rotatable bonds is 2. The number of hydrogen-bond donors (Lipinski definition) is 2. The van der Waals surface area contributed by atoms with Crippen LogP contribution in [0.1, 0.15) is 17.5 Å². The van der Waals surface area contributed by atoms with Gasteiger partial charge in [-0.15, -0.1) is 0 Å². The van der Waals surface area contributed by atoms with Crippen molar-refractivity contribution in [3.05, 3.63) is 29.3 Å². The van der Waals surface area contributed by atoms with Crippen molar-refractivity contribution in [2.24, 2.45) is 0 Å². The molecule has 0 saturated carbocycles. The summed E-state index contributed by atoms with van der Waals surface area (Å²) in [6.07, 6.45) is 0.899. The number of amides is 1. The first kappa shape index (κ1) is 12.9. The number of aliphatic hydroxyl groups excluding tert-OH is 1. The highest BCUT2D eigenvalue weighted by Gasteiger charge is 2.29. The average molecular weight is 248 g/mol.